The van der Waals surface area contributed by atoms with Crippen molar-refractivity contribution in [1.29, 1.82) is 0 Å². The summed E-state index contributed by atoms with van der Waals surface area (Å²) in [6.07, 6.45) is 4.24. The van der Waals surface area contributed by atoms with E-state index in [1.54, 1.807) is 24.9 Å². The third-order valence-electron chi connectivity index (χ3n) is 7.14. The van der Waals surface area contributed by atoms with E-state index in [0.717, 1.165) is 28.2 Å². The average molecular weight is 602 g/mol. The van der Waals surface area contributed by atoms with Gasteiger partial charge in [-0.05, 0) is 48.3 Å². The van der Waals surface area contributed by atoms with Gasteiger partial charge in [0.25, 0.3) is 11.1 Å². The molecule has 0 radical (unpaired) electrons. The van der Waals surface area contributed by atoms with Crippen molar-refractivity contribution >= 4 is 44.5 Å². The van der Waals surface area contributed by atoms with Crippen LogP contribution in [0.15, 0.2) is 58.5 Å². The highest BCUT2D eigenvalue weighted by Gasteiger charge is 2.25. The number of methoxy groups -OCH3 is 2. The van der Waals surface area contributed by atoms with Crippen LogP contribution in [0.2, 0.25) is 0 Å². The number of hydrogen-bond acceptors (Lipinski definition) is 10. The number of carbonyl (C=O) groups excluding carboxylic acids is 1. The van der Waals surface area contributed by atoms with Crippen LogP contribution in [0, 0.1) is 5.92 Å². The van der Waals surface area contributed by atoms with Crippen molar-refractivity contribution in [2.75, 3.05) is 27.8 Å². The first-order chi connectivity index (χ1) is 20.5. The number of fused-ring (bicyclic) bond motifs is 2. The van der Waals surface area contributed by atoms with Crippen molar-refractivity contribution in [3.8, 4) is 38.7 Å². The molecule has 0 N–H and O–H groups in total. The summed E-state index contributed by atoms with van der Waals surface area (Å²) in [7, 11) is 5.06. The quantitative estimate of drug-likeness (QED) is 0.178. The highest BCUT2D eigenvalue weighted by molar-refractivity contribution is 7.18. The number of furan rings is 1. The van der Waals surface area contributed by atoms with Gasteiger partial charge in [0.2, 0.25) is 4.96 Å². The van der Waals surface area contributed by atoms with Gasteiger partial charge in [-0.25, -0.2) is 14.5 Å². The van der Waals surface area contributed by atoms with Gasteiger partial charge in [-0.2, -0.15) is 0 Å². The Hall–Kier alpha value is -4.42. The first kappa shape index (κ1) is 26.5. The number of rotatable bonds is 10. The molecule has 1 saturated carbocycles. The molecule has 6 aromatic rings. The molecule has 4 heterocycles. The molecule has 0 spiro atoms. The van der Waals surface area contributed by atoms with Gasteiger partial charge < -0.3 is 23.5 Å². The second-order valence-electron chi connectivity index (χ2n) is 10.2. The Labute approximate surface area is 249 Å². The lowest BCUT2D eigenvalue weighted by Gasteiger charge is -2.16. The molecule has 0 saturated heterocycles. The van der Waals surface area contributed by atoms with Crippen molar-refractivity contribution in [2.24, 2.45) is 5.92 Å². The van der Waals surface area contributed by atoms with Crippen LogP contribution in [-0.4, -0.2) is 58.2 Å². The molecule has 0 atom stereocenters. The third-order valence-corrected chi connectivity index (χ3v) is 8.97. The van der Waals surface area contributed by atoms with Crippen molar-refractivity contribution < 1.29 is 23.4 Å². The molecule has 214 valence electrons. The second kappa shape index (κ2) is 10.8. The molecule has 42 heavy (non-hydrogen) atoms. The summed E-state index contributed by atoms with van der Waals surface area (Å²) in [5, 5.41) is 8.52. The molecule has 0 bridgehead atoms. The molecule has 0 aliphatic heterocycles. The van der Waals surface area contributed by atoms with Crippen LogP contribution < -0.4 is 14.2 Å². The van der Waals surface area contributed by atoms with Gasteiger partial charge in [-0.15, -0.1) is 16.4 Å². The first-order valence-electron chi connectivity index (χ1n) is 13.4. The number of carbonyl (C=O) groups is 1. The smallest absolute Gasteiger partial charge is 0.294 e. The molecule has 1 amide bonds. The molecule has 4 aromatic heterocycles. The van der Waals surface area contributed by atoms with E-state index in [4.69, 9.17) is 23.6 Å². The number of hydrogen-bond donors (Lipinski definition) is 0. The van der Waals surface area contributed by atoms with Crippen LogP contribution in [0.4, 0.5) is 0 Å². The van der Waals surface area contributed by atoms with E-state index >= 15 is 0 Å². The largest absolute Gasteiger partial charge is 0.496 e. The van der Waals surface area contributed by atoms with Crippen molar-refractivity contribution in [3.63, 3.8) is 0 Å². The second-order valence-corrected chi connectivity index (χ2v) is 12.0. The summed E-state index contributed by atoms with van der Waals surface area (Å²) < 4.78 is 24.7. The third kappa shape index (κ3) is 5.19. The number of nitrogens with zero attached hydrogens (tertiary/aromatic N) is 5. The number of benzene rings is 2. The summed E-state index contributed by atoms with van der Waals surface area (Å²) in [4.78, 5) is 24.6. The van der Waals surface area contributed by atoms with Crippen LogP contribution in [0.1, 0.15) is 28.9 Å². The van der Waals surface area contributed by atoms with E-state index in [0.29, 0.717) is 50.2 Å². The Kier molecular flexibility index (Phi) is 6.79. The summed E-state index contributed by atoms with van der Waals surface area (Å²) in [5.74, 6) is 2.55. The number of amides is 1. The fourth-order valence-electron chi connectivity index (χ4n) is 4.73. The first-order valence-corrected chi connectivity index (χ1v) is 15.1. The van der Waals surface area contributed by atoms with Gasteiger partial charge in [0, 0.05) is 42.2 Å². The molecule has 1 aliphatic rings. The van der Waals surface area contributed by atoms with E-state index < -0.39 is 0 Å². The number of imidazole rings is 1. The molecule has 7 rings (SSSR count). The predicted octanol–water partition coefficient (Wildman–Crippen LogP) is 6.41. The van der Waals surface area contributed by atoms with E-state index in [1.807, 2.05) is 59.8 Å². The molecule has 2 aromatic carbocycles. The number of aromatic nitrogens is 4. The zero-order valence-electron chi connectivity index (χ0n) is 23.2. The van der Waals surface area contributed by atoms with Crippen molar-refractivity contribution in [3.05, 3.63) is 65.3 Å². The van der Waals surface area contributed by atoms with Gasteiger partial charge in [-0.3, -0.25) is 4.79 Å². The topological polar surface area (TPSA) is 104 Å². The Bertz CT molecular complexity index is 1870. The average Bonchev–Trinajstić information content (AvgIpc) is 3.36. The predicted molar refractivity (Wildman–Crippen MR) is 161 cm³/mol. The van der Waals surface area contributed by atoms with Crippen molar-refractivity contribution in [2.45, 2.75) is 19.4 Å². The molecule has 0 unspecified atom stereocenters. The molecule has 10 nitrogen and oxygen atoms in total. The fourth-order valence-corrected chi connectivity index (χ4v) is 6.24. The van der Waals surface area contributed by atoms with Crippen LogP contribution in [-0.2, 0) is 6.61 Å². The normalized spacial score (nSPS) is 13.1. The zero-order chi connectivity index (χ0) is 28.8. The molecule has 1 fully saturated rings. The SMILES string of the molecule is COc1cc(OCc2csc(-c3ccc(C(=O)N(C)CC4CC4)cc3)n2)c2cc(-c3cn4nc(OC)sc4n3)oc2c1. The molecule has 12 heteroatoms. The van der Waals surface area contributed by atoms with Gasteiger partial charge in [0.15, 0.2) is 5.76 Å². The molecular weight excluding hydrogens is 574 g/mol. The monoisotopic (exact) mass is 601 g/mol. The highest BCUT2D eigenvalue weighted by Crippen LogP contribution is 2.38. The zero-order valence-corrected chi connectivity index (χ0v) is 24.8. The Morgan fingerprint density at radius 1 is 1.12 bits per heavy atom. The van der Waals surface area contributed by atoms with Crippen LogP contribution in [0.5, 0.6) is 16.7 Å². The maximum atomic E-state index is 12.7. The van der Waals surface area contributed by atoms with Gasteiger partial charge in [0.1, 0.15) is 34.4 Å². The Morgan fingerprint density at radius 2 is 1.95 bits per heavy atom. The Balaban J connectivity index is 1.07. The molecule has 1 aliphatic carbocycles. The van der Waals surface area contributed by atoms with Crippen LogP contribution in [0.25, 0.3) is 38.0 Å². The maximum absolute atomic E-state index is 12.7. The number of thiazole rings is 1. The lowest BCUT2D eigenvalue weighted by molar-refractivity contribution is 0.0788. The van der Waals surface area contributed by atoms with E-state index in [2.05, 4.69) is 10.1 Å². The van der Waals surface area contributed by atoms with E-state index in [9.17, 15) is 4.79 Å². The lowest BCUT2D eigenvalue weighted by Crippen LogP contribution is -2.28. The van der Waals surface area contributed by atoms with Gasteiger partial charge in [0.05, 0.1) is 31.5 Å². The van der Waals surface area contributed by atoms with Gasteiger partial charge in [-0.1, -0.05) is 12.1 Å². The minimum atomic E-state index is 0.0540. The van der Waals surface area contributed by atoms with Crippen molar-refractivity contribution in [1.82, 2.24) is 24.5 Å². The highest BCUT2D eigenvalue weighted by atomic mass is 32.1. The summed E-state index contributed by atoms with van der Waals surface area (Å²) in [6.45, 7) is 1.09. The Morgan fingerprint density at radius 3 is 2.69 bits per heavy atom. The minimum absolute atomic E-state index is 0.0540. The van der Waals surface area contributed by atoms with Crippen LogP contribution >= 0.6 is 22.7 Å². The van der Waals surface area contributed by atoms with E-state index in [-0.39, 0.29) is 12.5 Å². The van der Waals surface area contributed by atoms with E-state index in [1.165, 1.54) is 35.5 Å². The summed E-state index contributed by atoms with van der Waals surface area (Å²) >= 11 is 2.89. The minimum Gasteiger partial charge on any atom is -0.496 e. The standard InChI is InChI=1S/C30H27N5O5S2/c1-34(13-17-4-5-17)28(36)19-8-6-18(7-9-19)27-31-20(16-41-27)15-39-24-10-21(37-2)11-25-22(24)12-26(40-25)23-14-35-29(32-23)42-30(33-35)38-3/h6-12,14,16-17H,4-5,13,15H2,1-3H3. The number of ether oxygens (including phenoxy) is 3. The molecular formula is C30H27N5O5S2. The fraction of sp³-hybridized carbons (Fsp3) is 0.267. The lowest BCUT2D eigenvalue weighted by atomic mass is 10.1. The summed E-state index contributed by atoms with van der Waals surface area (Å²) in [5.41, 5.74) is 3.73. The van der Waals surface area contributed by atoms with Gasteiger partial charge >= 0.3 is 0 Å². The van der Waals surface area contributed by atoms with Crippen LogP contribution in [0.3, 0.4) is 0 Å². The maximum Gasteiger partial charge on any atom is 0.294 e. The summed E-state index contributed by atoms with van der Waals surface area (Å²) in [6, 6.07) is 13.2.